The van der Waals surface area contributed by atoms with Crippen molar-refractivity contribution in [1.29, 1.82) is 0 Å². The van der Waals surface area contributed by atoms with Crippen molar-refractivity contribution < 1.29 is 33.9 Å². The monoisotopic (exact) mass is 886 g/mol. The minimum atomic E-state index is -0.157. The van der Waals surface area contributed by atoms with E-state index in [1.165, 1.54) is 135 Å². The second kappa shape index (κ2) is 97.3. The lowest BCUT2D eigenvalue weighted by Gasteiger charge is -2.18. The molecular weight excluding hydrogens is 770 g/mol. The molecule has 0 aliphatic heterocycles. The van der Waals surface area contributed by atoms with Crippen LogP contribution in [-0.2, 0) is 23.9 Å². The number of carbonyl (C=O) groups excluding carboxylic acids is 3. The zero-order valence-corrected chi connectivity index (χ0v) is 44.6. The molecule has 0 aliphatic carbocycles. The Morgan fingerprint density at radius 2 is 0.800 bits per heavy atom. The molecule has 0 aromatic carbocycles. The summed E-state index contributed by atoms with van der Waals surface area (Å²) in [4.78, 5) is 38.3. The van der Waals surface area contributed by atoms with E-state index in [9.17, 15) is 9.59 Å². The highest BCUT2D eigenvalue weighted by atomic mass is 31.1. The minimum Gasteiger partial charge on any atom is -0.462 e. The zero-order chi connectivity index (χ0) is 48.2. The van der Waals surface area contributed by atoms with Crippen LogP contribution in [0.2, 0.25) is 0 Å². The first-order valence-corrected chi connectivity index (χ1v) is 27.1. The van der Waals surface area contributed by atoms with E-state index in [1.807, 2.05) is 76.0 Å². The maximum atomic E-state index is 12.2. The molecule has 8 nitrogen and oxygen atoms in total. The lowest BCUT2D eigenvalue weighted by Crippen LogP contribution is -2.20. The van der Waals surface area contributed by atoms with E-state index in [1.54, 1.807) is 6.66 Å². The summed E-state index contributed by atoms with van der Waals surface area (Å²) in [5.74, 6) is -0.196. The van der Waals surface area contributed by atoms with E-state index in [4.69, 9.17) is 30.0 Å². The van der Waals surface area contributed by atoms with Crippen molar-refractivity contribution in [2.45, 2.75) is 289 Å². The molecule has 372 valence electrons. The van der Waals surface area contributed by atoms with E-state index < -0.39 is 0 Å². The van der Waals surface area contributed by atoms with Gasteiger partial charge in [0.2, 0.25) is 5.91 Å². The smallest absolute Gasteiger partial charge is 0.306 e. The van der Waals surface area contributed by atoms with Crippen LogP contribution in [0.1, 0.15) is 283 Å². The average molecular weight is 886 g/mol. The summed E-state index contributed by atoms with van der Waals surface area (Å²) in [7, 11) is 0.0833. The zero-order valence-electron chi connectivity index (χ0n) is 43.6. The molecule has 4 N–H and O–H groups in total. The molecular formula is C51H116NO7P. The van der Waals surface area contributed by atoms with Crippen LogP contribution in [0.25, 0.3) is 0 Å². The first kappa shape index (κ1) is 79.3. The molecule has 0 saturated heterocycles. The number of carbonyl (C=O) groups is 3. The van der Waals surface area contributed by atoms with Gasteiger partial charge >= 0.3 is 5.97 Å². The summed E-state index contributed by atoms with van der Waals surface area (Å²) < 4.78 is 11.3. The predicted molar refractivity (Wildman–Crippen MR) is 273 cm³/mol. The molecule has 0 spiro atoms. The Morgan fingerprint density at radius 3 is 1.12 bits per heavy atom. The van der Waals surface area contributed by atoms with Crippen LogP contribution < -0.4 is 5.73 Å². The van der Waals surface area contributed by atoms with Gasteiger partial charge in [0.25, 0.3) is 0 Å². The van der Waals surface area contributed by atoms with Gasteiger partial charge in [0.15, 0.2) is 0 Å². The van der Waals surface area contributed by atoms with Crippen molar-refractivity contribution >= 4 is 27.5 Å². The summed E-state index contributed by atoms with van der Waals surface area (Å²) >= 11 is 0. The van der Waals surface area contributed by atoms with Gasteiger partial charge in [0.1, 0.15) is 12.9 Å². The largest absolute Gasteiger partial charge is 0.462 e. The first-order chi connectivity index (χ1) is 29.4. The fourth-order valence-corrected chi connectivity index (χ4v) is 5.51. The highest BCUT2D eigenvalue weighted by Crippen LogP contribution is 2.16. The van der Waals surface area contributed by atoms with Crippen molar-refractivity contribution in [2.75, 3.05) is 26.5 Å². The van der Waals surface area contributed by atoms with Gasteiger partial charge in [-0.3, -0.25) is 9.59 Å². The highest BCUT2D eigenvalue weighted by molar-refractivity contribution is 7.29. The second-order valence-electron chi connectivity index (χ2n) is 13.3. The summed E-state index contributed by atoms with van der Waals surface area (Å²) in [6.45, 7) is 31.8. The van der Waals surface area contributed by atoms with Gasteiger partial charge in [-0.05, 0) is 38.8 Å². The van der Waals surface area contributed by atoms with E-state index in [-0.39, 0.29) is 33.4 Å². The molecule has 9 heteroatoms. The number of nitrogens with two attached hydrogens (primary N) is 1. The van der Waals surface area contributed by atoms with Crippen molar-refractivity contribution in [2.24, 2.45) is 5.73 Å². The number of ether oxygens (including phenoxy) is 2. The van der Waals surface area contributed by atoms with Gasteiger partial charge in [-0.1, -0.05) is 231 Å². The molecule has 0 rings (SSSR count). The number of rotatable bonds is 35. The van der Waals surface area contributed by atoms with Gasteiger partial charge in [-0.25, -0.2) is 0 Å². The number of unbranched alkanes of at least 4 members (excludes halogenated alkanes) is 22. The number of hydrogen-bond acceptors (Lipinski definition) is 7. The predicted octanol–water partition coefficient (Wildman–Crippen LogP) is 16.3. The fourth-order valence-electron chi connectivity index (χ4n) is 5.51. The molecule has 0 radical (unpaired) electrons. The average Bonchev–Trinajstić information content (AvgIpc) is 3.29. The van der Waals surface area contributed by atoms with Crippen molar-refractivity contribution in [1.82, 2.24) is 0 Å². The standard InChI is InChI=1S/C25H50O4.C14H29NO.5C2H6.CH5OP.CH2O/c1-3-5-7-9-10-11-12-14-16-19-25(27)29-24(18-15-13-8-6-4-2)20-23-28-22-17-21-26;1-2-3-4-5-6-7-8-9-10-11-12-13-14(15)16;5*1-2;1-3-2;1-2/h24,26H,3-23H2,1-2H3;2-13H2,1H3,(H2,15,16);5*1-2H3;2-3H,1H3;1H2. The Balaban J connectivity index is -0.000000101. The number of primary amides is 1. The third-order valence-corrected chi connectivity index (χ3v) is 8.47. The van der Waals surface area contributed by atoms with Crippen LogP contribution in [-0.4, -0.2) is 61.3 Å². The minimum absolute atomic E-state index is 0.0168. The van der Waals surface area contributed by atoms with Crippen molar-refractivity contribution in [3.63, 3.8) is 0 Å². The molecule has 0 saturated carbocycles. The summed E-state index contributed by atoms with van der Waals surface area (Å²) in [5.41, 5.74) is 5.07. The first-order valence-electron chi connectivity index (χ1n) is 25.7. The summed E-state index contributed by atoms with van der Waals surface area (Å²) in [5, 5.41) is 8.82. The maximum absolute atomic E-state index is 12.2. The quantitative estimate of drug-likeness (QED) is 0.0327. The van der Waals surface area contributed by atoms with Gasteiger partial charge in [0, 0.05) is 41.3 Å². The summed E-state index contributed by atoms with van der Waals surface area (Å²) in [6, 6.07) is 0. The third-order valence-electron chi connectivity index (χ3n) is 8.47. The Labute approximate surface area is 381 Å². The Hall–Kier alpha value is -1.08. The Kier molecular flexibility index (Phi) is 129. The van der Waals surface area contributed by atoms with E-state index in [0.29, 0.717) is 32.5 Å². The molecule has 1 amide bonds. The third kappa shape index (κ3) is 106. The van der Waals surface area contributed by atoms with E-state index in [2.05, 4.69) is 20.8 Å². The maximum Gasteiger partial charge on any atom is 0.306 e. The van der Waals surface area contributed by atoms with Gasteiger partial charge in [-0.2, -0.15) is 0 Å². The molecule has 0 heterocycles. The molecule has 60 heavy (non-hydrogen) atoms. The topological polar surface area (TPSA) is 136 Å². The van der Waals surface area contributed by atoms with Crippen LogP contribution in [0.4, 0.5) is 0 Å². The molecule has 0 bridgehead atoms. The summed E-state index contributed by atoms with van der Waals surface area (Å²) in [6.07, 6.45) is 35.4. The Bertz CT molecular complexity index is 616. The van der Waals surface area contributed by atoms with Crippen LogP contribution >= 0.6 is 8.81 Å². The normalized spacial score (nSPS) is 9.80. The number of aliphatic hydroxyl groups excluding tert-OH is 1. The van der Waals surface area contributed by atoms with Crippen LogP contribution in [0.3, 0.4) is 0 Å². The molecule has 0 aromatic heterocycles. The number of amides is 1. The fraction of sp³-hybridized carbons (Fsp3) is 0.941. The molecule has 2 unspecified atom stereocenters. The molecule has 0 fully saturated rings. The second-order valence-corrected chi connectivity index (χ2v) is 13.8. The number of hydrogen-bond donors (Lipinski definition) is 3. The number of esters is 1. The van der Waals surface area contributed by atoms with Crippen LogP contribution in [0.15, 0.2) is 0 Å². The SMILES string of the molecule is C=O.CC.CC.CC.CC.CC.CCCCCCCCCCCC(=O)OC(CCCCCCC)CCOCCCO.CCCCCCCCCCCCCC(N)=O.CPO. The van der Waals surface area contributed by atoms with Gasteiger partial charge in [0.05, 0.1) is 6.61 Å². The van der Waals surface area contributed by atoms with Crippen molar-refractivity contribution in [3.8, 4) is 0 Å². The molecule has 0 aromatic rings. The molecule has 0 aliphatic rings. The molecule has 2 atom stereocenters. The van der Waals surface area contributed by atoms with Crippen LogP contribution in [0, 0.1) is 0 Å². The lowest BCUT2D eigenvalue weighted by atomic mass is 10.1. The number of aliphatic hydroxyl groups is 1. The van der Waals surface area contributed by atoms with Gasteiger partial charge in [-0.15, -0.1) is 0 Å². The van der Waals surface area contributed by atoms with E-state index in [0.717, 1.165) is 38.5 Å². The van der Waals surface area contributed by atoms with Gasteiger partial charge < -0.3 is 30.0 Å². The van der Waals surface area contributed by atoms with E-state index >= 15 is 0 Å². The lowest BCUT2D eigenvalue weighted by molar-refractivity contribution is -0.150. The Morgan fingerprint density at radius 1 is 0.500 bits per heavy atom. The highest BCUT2D eigenvalue weighted by Gasteiger charge is 2.14. The van der Waals surface area contributed by atoms with Crippen LogP contribution in [0.5, 0.6) is 0 Å². The van der Waals surface area contributed by atoms with Crippen molar-refractivity contribution in [3.05, 3.63) is 0 Å².